The van der Waals surface area contributed by atoms with Gasteiger partial charge in [0.15, 0.2) is 9.84 Å². The van der Waals surface area contributed by atoms with Crippen LogP contribution < -0.4 is 0 Å². The Hall–Kier alpha value is -0.380. The van der Waals surface area contributed by atoms with Gasteiger partial charge < -0.3 is 0 Å². The lowest BCUT2D eigenvalue weighted by molar-refractivity contribution is -0.117. The van der Waals surface area contributed by atoms with Gasteiger partial charge in [-0.15, -0.1) is 0 Å². The highest BCUT2D eigenvalue weighted by Crippen LogP contribution is 2.27. The van der Waals surface area contributed by atoms with Gasteiger partial charge in [0.2, 0.25) is 0 Å². The van der Waals surface area contributed by atoms with Crippen molar-refractivity contribution in [3.05, 3.63) is 0 Å². The van der Waals surface area contributed by atoms with Crippen molar-refractivity contribution in [3.8, 4) is 0 Å². The average molecular weight is 204 g/mol. The molecule has 0 heterocycles. The summed E-state index contributed by atoms with van der Waals surface area (Å²) < 4.78 is 21.6. The first-order chi connectivity index (χ1) is 5.97. The monoisotopic (exact) mass is 204 g/mol. The third-order valence-electron chi connectivity index (χ3n) is 2.41. The van der Waals surface area contributed by atoms with Crippen molar-refractivity contribution in [2.45, 2.75) is 32.1 Å². The first kappa shape index (κ1) is 10.7. The fourth-order valence-electron chi connectivity index (χ4n) is 1.89. The standard InChI is InChI=1S/C9H16O3S/c1-13(11,12)7-9(10)6-8-4-2-3-5-8/h8H,2-7H2,1H3. The third kappa shape index (κ3) is 4.41. The largest absolute Gasteiger partial charge is 0.299 e. The Bertz CT molecular complexity index is 273. The van der Waals surface area contributed by atoms with Crippen LogP contribution in [-0.4, -0.2) is 26.2 Å². The van der Waals surface area contributed by atoms with Crippen LogP contribution in [0.25, 0.3) is 0 Å². The van der Waals surface area contributed by atoms with Crippen LogP contribution in [0.1, 0.15) is 32.1 Å². The van der Waals surface area contributed by atoms with Crippen molar-refractivity contribution in [2.24, 2.45) is 5.92 Å². The van der Waals surface area contributed by atoms with Gasteiger partial charge in [0.05, 0.1) is 0 Å². The molecule has 0 unspecified atom stereocenters. The van der Waals surface area contributed by atoms with Crippen LogP contribution in [0.5, 0.6) is 0 Å². The highest BCUT2D eigenvalue weighted by atomic mass is 32.2. The smallest absolute Gasteiger partial charge is 0.154 e. The molecule has 0 aromatic carbocycles. The zero-order valence-electron chi connectivity index (χ0n) is 7.95. The van der Waals surface area contributed by atoms with Gasteiger partial charge in [-0.1, -0.05) is 25.7 Å². The van der Waals surface area contributed by atoms with E-state index in [2.05, 4.69) is 0 Å². The molecule has 0 aromatic rings. The van der Waals surface area contributed by atoms with Crippen LogP contribution in [0.4, 0.5) is 0 Å². The molecule has 0 amide bonds. The van der Waals surface area contributed by atoms with Gasteiger partial charge in [0.25, 0.3) is 0 Å². The predicted octanol–water partition coefficient (Wildman–Crippen LogP) is 1.18. The highest BCUT2D eigenvalue weighted by Gasteiger charge is 2.20. The zero-order chi connectivity index (χ0) is 9.90. The molecule has 1 aliphatic carbocycles. The van der Waals surface area contributed by atoms with E-state index in [-0.39, 0.29) is 11.5 Å². The molecule has 4 heteroatoms. The van der Waals surface area contributed by atoms with Gasteiger partial charge in [-0.25, -0.2) is 8.42 Å². The van der Waals surface area contributed by atoms with Crippen molar-refractivity contribution < 1.29 is 13.2 Å². The first-order valence-electron chi connectivity index (χ1n) is 4.67. The summed E-state index contributed by atoms with van der Waals surface area (Å²) in [4.78, 5) is 11.2. The van der Waals surface area contributed by atoms with E-state index >= 15 is 0 Å². The molecule has 76 valence electrons. The highest BCUT2D eigenvalue weighted by molar-refractivity contribution is 7.91. The maximum atomic E-state index is 11.2. The normalized spacial score (nSPS) is 19.2. The fraction of sp³-hybridized carbons (Fsp3) is 0.889. The minimum absolute atomic E-state index is 0.116. The van der Waals surface area contributed by atoms with Crippen molar-refractivity contribution in [1.82, 2.24) is 0 Å². The van der Waals surface area contributed by atoms with Gasteiger partial charge in [0.1, 0.15) is 11.5 Å². The summed E-state index contributed by atoms with van der Waals surface area (Å²) in [5.74, 6) is 0.0624. The molecule has 0 N–H and O–H groups in total. The van der Waals surface area contributed by atoms with Gasteiger partial charge in [-0.2, -0.15) is 0 Å². The summed E-state index contributed by atoms with van der Waals surface area (Å²) in [5, 5.41) is 0. The molecule has 0 radical (unpaired) electrons. The van der Waals surface area contributed by atoms with Crippen LogP contribution in [0.15, 0.2) is 0 Å². The second kappa shape index (κ2) is 4.22. The SMILES string of the molecule is CS(=O)(=O)CC(=O)CC1CCCC1. The molecular formula is C9H16O3S. The third-order valence-corrected chi connectivity index (χ3v) is 3.26. The maximum Gasteiger partial charge on any atom is 0.154 e. The number of carbonyl (C=O) groups excluding carboxylic acids is 1. The summed E-state index contributed by atoms with van der Waals surface area (Å²) in [7, 11) is -3.11. The predicted molar refractivity (Wildman–Crippen MR) is 51.3 cm³/mol. The minimum Gasteiger partial charge on any atom is -0.299 e. The summed E-state index contributed by atoms with van der Waals surface area (Å²) in [6.45, 7) is 0. The number of hydrogen-bond acceptors (Lipinski definition) is 3. The van der Waals surface area contributed by atoms with Gasteiger partial charge in [-0.3, -0.25) is 4.79 Å². The molecule has 0 bridgehead atoms. The molecule has 0 aliphatic heterocycles. The Kier molecular flexibility index (Phi) is 3.47. The summed E-state index contributed by atoms with van der Waals surface area (Å²) in [5.41, 5.74) is 0. The van der Waals surface area contributed by atoms with Crippen molar-refractivity contribution in [2.75, 3.05) is 12.0 Å². The lowest BCUT2D eigenvalue weighted by Gasteiger charge is -2.06. The molecule has 1 saturated carbocycles. The lowest BCUT2D eigenvalue weighted by Crippen LogP contribution is -2.16. The number of Topliss-reactive ketones (excluding diaryl/α,β-unsaturated/α-hetero) is 1. The average Bonchev–Trinajstić information content (AvgIpc) is 2.34. The van der Waals surface area contributed by atoms with Crippen LogP contribution >= 0.6 is 0 Å². The summed E-state index contributed by atoms with van der Waals surface area (Å²) in [6.07, 6.45) is 6.14. The van der Waals surface area contributed by atoms with Crippen LogP contribution in [0.3, 0.4) is 0 Å². The summed E-state index contributed by atoms with van der Waals surface area (Å²) >= 11 is 0. The Morgan fingerprint density at radius 1 is 1.31 bits per heavy atom. The van der Waals surface area contributed by atoms with E-state index < -0.39 is 9.84 Å². The molecule has 1 rings (SSSR count). The van der Waals surface area contributed by atoms with E-state index in [9.17, 15) is 13.2 Å². The molecule has 0 spiro atoms. The number of sulfone groups is 1. The number of hydrogen-bond donors (Lipinski definition) is 0. The maximum absolute atomic E-state index is 11.2. The number of ketones is 1. The van der Waals surface area contributed by atoms with Crippen LogP contribution in [0, 0.1) is 5.92 Å². The molecule has 3 nitrogen and oxygen atoms in total. The van der Waals surface area contributed by atoms with Gasteiger partial charge in [-0.05, 0) is 5.92 Å². The molecule has 1 aliphatic rings. The lowest BCUT2D eigenvalue weighted by atomic mass is 10.0. The second-order valence-electron chi connectivity index (χ2n) is 3.96. The van der Waals surface area contributed by atoms with Gasteiger partial charge in [0, 0.05) is 12.7 Å². The molecule has 0 atom stereocenters. The molecule has 1 fully saturated rings. The van der Waals surface area contributed by atoms with E-state index in [1.807, 2.05) is 0 Å². The van der Waals surface area contributed by atoms with Crippen molar-refractivity contribution in [1.29, 1.82) is 0 Å². The van der Waals surface area contributed by atoms with Crippen molar-refractivity contribution in [3.63, 3.8) is 0 Å². The Morgan fingerprint density at radius 2 is 1.85 bits per heavy atom. The topological polar surface area (TPSA) is 51.2 Å². The van der Waals surface area contributed by atoms with Gasteiger partial charge >= 0.3 is 0 Å². The molecular weight excluding hydrogens is 188 g/mol. The molecule has 13 heavy (non-hydrogen) atoms. The fourth-order valence-corrected chi connectivity index (χ4v) is 2.59. The molecule has 0 saturated heterocycles. The summed E-state index contributed by atoms with van der Waals surface area (Å²) in [6, 6.07) is 0. The number of rotatable bonds is 4. The number of carbonyl (C=O) groups is 1. The van der Waals surface area contributed by atoms with Crippen LogP contribution in [-0.2, 0) is 14.6 Å². The Morgan fingerprint density at radius 3 is 2.31 bits per heavy atom. The Labute approximate surface area is 79.4 Å². The minimum atomic E-state index is -3.11. The van der Waals surface area contributed by atoms with E-state index in [0.29, 0.717) is 12.3 Å². The second-order valence-corrected chi connectivity index (χ2v) is 6.10. The first-order valence-corrected chi connectivity index (χ1v) is 6.73. The van der Waals surface area contributed by atoms with Crippen LogP contribution in [0.2, 0.25) is 0 Å². The van der Waals surface area contributed by atoms with Crippen molar-refractivity contribution >= 4 is 15.6 Å². The van der Waals surface area contributed by atoms with E-state index in [0.717, 1.165) is 19.1 Å². The Balaban J connectivity index is 2.33. The zero-order valence-corrected chi connectivity index (χ0v) is 8.77. The van der Waals surface area contributed by atoms with E-state index in [1.165, 1.54) is 12.8 Å². The molecule has 0 aromatic heterocycles. The van der Waals surface area contributed by atoms with E-state index in [4.69, 9.17) is 0 Å². The quantitative estimate of drug-likeness (QED) is 0.691. The van der Waals surface area contributed by atoms with E-state index in [1.54, 1.807) is 0 Å².